The molecule has 198 valence electrons. The van der Waals surface area contributed by atoms with E-state index in [0.29, 0.717) is 11.1 Å². The van der Waals surface area contributed by atoms with Crippen molar-refractivity contribution in [2.45, 2.75) is 12.1 Å². The molecule has 0 saturated carbocycles. The molecule has 2 aromatic rings. The molecule has 8 N–H and O–H groups in total. The molecule has 0 unspecified atom stereocenters. The summed E-state index contributed by atoms with van der Waals surface area (Å²) >= 11 is 4.67. The number of halogens is 1. The molecule has 0 fully saturated rings. The van der Waals surface area contributed by atoms with Gasteiger partial charge in [0.25, 0.3) is 0 Å². The average Bonchev–Trinajstić information content (AvgIpc) is 2.85. The van der Waals surface area contributed by atoms with Gasteiger partial charge in [-0.25, -0.2) is 9.59 Å². The molecule has 2 rings (SSSR count). The van der Waals surface area contributed by atoms with Gasteiger partial charge >= 0.3 is 93.1 Å². The fourth-order valence-electron chi connectivity index (χ4n) is 2.10. The Kier molecular flexibility index (Phi) is 27.8. The number of benzene rings is 2. The average molecular weight is 560 g/mol. The van der Waals surface area contributed by atoms with Crippen LogP contribution in [0.3, 0.4) is 0 Å². The fourth-order valence-corrected chi connectivity index (χ4v) is 2.15. The fraction of sp³-hybridized carbons (Fsp3) is 0.167. The standard InChI is InChI=1S/C12H11NO4.C8H9NO2.C4H2ClO2.Na.2H2O/c1-2-8-17-12(16)13-10(11(14)15)9-6-4-3-5-7-9;9-7(8(10)11)6-4-2-1-3-5-6;1-2-3-7-4(5)6;;;/h1,3-7,10H,8H2,(H,13,16)(H,14,15);1-5,7H,9H2,(H,10,11);3H2;;2*1H2/q;;2*+1;;/p-1/t10-;7-;;;;/m00..../s1. The summed E-state index contributed by atoms with van der Waals surface area (Å²) in [5.74, 6) is 1.76. The van der Waals surface area contributed by atoms with Gasteiger partial charge in [0, 0.05) is 0 Å². The summed E-state index contributed by atoms with van der Waals surface area (Å²) in [5, 5.41) is 19.7. The number of nitrogens with two attached hydrogens (primary N) is 1. The van der Waals surface area contributed by atoms with E-state index in [-0.39, 0.29) is 53.7 Å². The number of carbonyl (C=O) groups excluding carboxylic acids is 2. The SMILES string of the molecule is C#CCOC(=O)N[C@H](C(=O)O)c1ccccc1.N[C@H](C(=O)O)c1ccccc1.O.[C+]#CCOC(=O)Cl.[Na+].[OH-]. The number of terminal acetylenes is 1. The number of carboxylic acids is 2. The van der Waals surface area contributed by atoms with Gasteiger partial charge in [-0.15, -0.1) is 6.42 Å². The summed E-state index contributed by atoms with van der Waals surface area (Å²) in [4.78, 5) is 42.2. The molecule has 38 heavy (non-hydrogen) atoms. The van der Waals surface area contributed by atoms with Crippen molar-refractivity contribution in [3.05, 3.63) is 78.2 Å². The van der Waals surface area contributed by atoms with Crippen LogP contribution in [-0.4, -0.2) is 57.8 Å². The van der Waals surface area contributed by atoms with E-state index in [2.05, 4.69) is 32.3 Å². The molecule has 1 amide bonds. The van der Waals surface area contributed by atoms with Crippen molar-refractivity contribution in [1.29, 1.82) is 0 Å². The molecular weight excluding hydrogens is 535 g/mol. The minimum atomic E-state index is -1.17. The predicted octanol–water partition coefficient (Wildman–Crippen LogP) is -1.10. The maximum Gasteiger partial charge on any atom is 1.00 e. The van der Waals surface area contributed by atoms with Crippen molar-refractivity contribution in [2.24, 2.45) is 5.73 Å². The van der Waals surface area contributed by atoms with Crippen molar-refractivity contribution in [2.75, 3.05) is 13.2 Å². The zero-order chi connectivity index (χ0) is 26.6. The number of carboxylic acid groups (broad SMARTS) is 2. The van der Waals surface area contributed by atoms with Gasteiger partial charge in [0.05, 0.1) is 0 Å². The van der Waals surface area contributed by atoms with E-state index in [1.54, 1.807) is 54.6 Å². The maximum atomic E-state index is 11.2. The molecule has 0 radical (unpaired) electrons. The Morgan fingerprint density at radius 3 is 1.76 bits per heavy atom. The second-order valence-electron chi connectivity index (χ2n) is 6.04. The van der Waals surface area contributed by atoms with Crippen LogP contribution >= 0.6 is 11.6 Å². The van der Waals surface area contributed by atoms with Crippen LogP contribution in [0, 0.1) is 24.7 Å². The first-order chi connectivity index (χ1) is 16.6. The number of rotatable bonds is 7. The van der Waals surface area contributed by atoms with Crippen LogP contribution in [0.4, 0.5) is 9.59 Å². The van der Waals surface area contributed by atoms with Crippen molar-refractivity contribution in [1.82, 2.24) is 5.32 Å². The number of hydrogen-bond donors (Lipinski definition) is 4. The molecular formula is C24H25ClN2NaO10+. The van der Waals surface area contributed by atoms with Gasteiger partial charge < -0.3 is 37.0 Å². The van der Waals surface area contributed by atoms with Crippen LogP contribution in [0.25, 0.3) is 0 Å². The largest absolute Gasteiger partial charge is 1.00 e. The minimum absolute atomic E-state index is 0. The molecule has 0 aliphatic carbocycles. The number of amides is 1. The summed E-state index contributed by atoms with van der Waals surface area (Å²) in [6, 6.07) is 15.0. The van der Waals surface area contributed by atoms with Gasteiger partial charge in [-0.1, -0.05) is 66.6 Å². The van der Waals surface area contributed by atoms with Gasteiger partial charge in [-0.05, 0) is 11.1 Å². The zero-order valence-corrected chi connectivity index (χ0v) is 22.9. The van der Waals surface area contributed by atoms with Gasteiger partial charge in [0.2, 0.25) is 0 Å². The predicted molar refractivity (Wildman–Crippen MR) is 131 cm³/mol. The van der Waals surface area contributed by atoms with Crippen LogP contribution in [0.1, 0.15) is 23.2 Å². The first-order valence-corrected chi connectivity index (χ1v) is 9.91. The Balaban J connectivity index is -0.000000240. The Morgan fingerprint density at radius 1 is 0.947 bits per heavy atom. The zero-order valence-electron chi connectivity index (χ0n) is 20.2. The molecule has 0 spiro atoms. The molecule has 0 heterocycles. The first kappa shape index (κ1) is 41.7. The number of alkyl carbamates (subject to hydrolysis) is 1. The molecule has 0 aromatic heterocycles. The second kappa shape index (κ2) is 25.3. The maximum absolute atomic E-state index is 11.2. The van der Waals surface area contributed by atoms with Crippen molar-refractivity contribution in [3.8, 4) is 18.3 Å². The van der Waals surface area contributed by atoms with Gasteiger partial charge in [0.15, 0.2) is 12.6 Å². The first-order valence-electron chi connectivity index (χ1n) is 9.53. The quantitative estimate of drug-likeness (QED) is 0.138. The summed E-state index contributed by atoms with van der Waals surface area (Å²) in [5.41, 5.74) is 5.52. The third-order valence-corrected chi connectivity index (χ3v) is 3.72. The molecule has 0 aliphatic rings. The molecule has 2 atom stereocenters. The minimum Gasteiger partial charge on any atom is -0.870 e. The Labute approximate surface area is 246 Å². The number of hydrogen-bond acceptors (Lipinski definition) is 8. The van der Waals surface area contributed by atoms with Gasteiger partial charge in [-0.3, -0.25) is 4.79 Å². The van der Waals surface area contributed by atoms with Gasteiger partial charge in [0.1, 0.15) is 6.04 Å². The van der Waals surface area contributed by atoms with Crippen molar-refractivity contribution < 1.29 is 79.4 Å². The monoisotopic (exact) mass is 559 g/mol. The van der Waals surface area contributed by atoms with E-state index in [0.717, 1.165) is 0 Å². The smallest absolute Gasteiger partial charge is 0.870 e. The Hall–Kier alpha value is -3.37. The molecule has 0 aliphatic heterocycles. The molecule has 14 heteroatoms. The summed E-state index contributed by atoms with van der Waals surface area (Å²) in [7, 11) is 0. The van der Waals surface area contributed by atoms with Crippen LogP contribution in [0.15, 0.2) is 60.7 Å². The van der Waals surface area contributed by atoms with E-state index in [1.807, 2.05) is 12.0 Å². The summed E-state index contributed by atoms with van der Waals surface area (Å²) in [6.07, 6.45) is 10.3. The van der Waals surface area contributed by atoms with E-state index in [1.165, 1.54) is 0 Å². The van der Waals surface area contributed by atoms with Crippen LogP contribution in [-0.2, 0) is 19.1 Å². The molecule has 12 nitrogen and oxygen atoms in total. The van der Waals surface area contributed by atoms with E-state index < -0.39 is 35.5 Å². The van der Waals surface area contributed by atoms with Crippen molar-refractivity contribution >= 4 is 35.1 Å². The Bertz CT molecular complexity index is 1040. The summed E-state index contributed by atoms with van der Waals surface area (Å²) < 4.78 is 8.56. The van der Waals surface area contributed by atoms with Crippen LogP contribution in [0.5, 0.6) is 0 Å². The number of nitrogens with one attached hydrogen (secondary N) is 1. The number of ether oxygens (including phenoxy) is 2. The van der Waals surface area contributed by atoms with Crippen molar-refractivity contribution in [3.63, 3.8) is 0 Å². The van der Waals surface area contributed by atoms with E-state index >= 15 is 0 Å². The summed E-state index contributed by atoms with van der Waals surface area (Å²) in [6.45, 7) is -0.366. The molecule has 0 saturated heterocycles. The van der Waals surface area contributed by atoms with Crippen LogP contribution in [0.2, 0.25) is 0 Å². The third kappa shape index (κ3) is 19.8. The van der Waals surface area contributed by atoms with Crippen LogP contribution < -0.4 is 40.6 Å². The molecule has 0 bridgehead atoms. The van der Waals surface area contributed by atoms with E-state index in [4.69, 9.17) is 28.8 Å². The van der Waals surface area contributed by atoms with Gasteiger partial charge in [-0.2, -0.15) is 0 Å². The van der Waals surface area contributed by atoms with E-state index in [9.17, 15) is 19.2 Å². The number of carbonyl (C=O) groups is 4. The molecule has 2 aromatic carbocycles. The topological polar surface area (TPSA) is 227 Å². The second-order valence-corrected chi connectivity index (χ2v) is 6.34. The number of aliphatic carboxylic acids is 2. The normalized spacial score (nSPS) is 9.87. The Morgan fingerprint density at radius 2 is 1.42 bits per heavy atom. The third-order valence-electron chi connectivity index (χ3n) is 3.61.